The predicted molar refractivity (Wildman–Crippen MR) is 53.2 cm³/mol. The highest BCUT2D eigenvalue weighted by Gasteiger charge is 2.05. The Morgan fingerprint density at radius 1 is 1.69 bits per heavy atom. The monoisotopic (exact) mass is 180 g/mol. The van der Waals surface area contributed by atoms with Crippen LogP contribution in [-0.2, 0) is 11.3 Å². The number of nitrogens with zero attached hydrogens (tertiary/aromatic N) is 2. The first-order valence-corrected chi connectivity index (χ1v) is 4.54. The van der Waals surface area contributed by atoms with Gasteiger partial charge in [-0.25, -0.2) is 4.98 Å². The summed E-state index contributed by atoms with van der Waals surface area (Å²) in [6.07, 6.45) is 6.06. The van der Waals surface area contributed by atoms with E-state index in [4.69, 9.17) is 4.74 Å². The number of aromatic nitrogens is 2. The lowest BCUT2D eigenvalue weighted by molar-refractivity contribution is 0.364. The van der Waals surface area contributed by atoms with Gasteiger partial charge in [0.15, 0.2) is 11.6 Å². The topological polar surface area (TPSA) is 27.1 Å². The molecule has 0 aliphatic rings. The quantitative estimate of drug-likeness (QED) is 0.650. The van der Waals surface area contributed by atoms with Gasteiger partial charge in [-0.2, -0.15) is 0 Å². The largest absolute Gasteiger partial charge is 0.493 e. The molecule has 0 unspecified atom stereocenters. The highest BCUT2D eigenvalue weighted by atomic mass is 16.5. The minimum absolute atomic E-state index is 0.626. The van der Waals surface area contributed by atoms with Crippen molar-refractivity contribution in [3.63, 3.8) is 0 Å². The first-order chi connectivity index (χ1) is 6.29. The summed E-state index contributed by atoms with van der Waals surface area (Å²) in [7, 11) is 1.61. The maximum atomic E-state index is 5.04. The van der Waals surface area contributed by atoms with Gasteiger partial charge < -0.3 is 9.30 Å². The predicted octanol–water partition coefficient (Wildman–Crippen LogP) is 2.30. The number of ether oxygens (including phenoxy) is 1. The van der Waals surface area contributed by atoms with Crippen molar-refractivity contribution in [1.82, 2.24) is 9.55 Å². The summed E-state index contributed by atoms with van der Waals surface area (Å²) in [6, 6.07) is 0. The second-order valence-corrected chi connectivity index (χ2v) is 2.93. The van der Waals surface area contributed by atoms with Crippen molar-refractivity contribution in [3.05, 3.63) is 24.8 Å². The van der Waals surface area contributed by atoms with E-state index in [0.29, 0.717) is 5.76 Å². The number of unbranched alkanes of at least 4 members (excludes halogenated alkanes) is 1. The van der Waals surface area contributed by atoms with Crippen LogP contribution in [0.5, 0.6) is 0 Å². The Morgan fingerprint density at radius 2 is 2.46 bits per heavy atom. The number of hydrogen-bond acceptors (Lipinski definition) is 2. The molecule has 0 aromatic carbocycles. The summed E-state index contributed by atoms with van der Waals surface area (Å²) < 4.78 is 7.10. The minimum atomic E-state index is 0.626. The molecule has 1 rings (SSSR count). The highest BCUT2D eigenvalue weighted by molar-refractivity contribution is 5.49. The molecule has 0 saturated heterocycles. The van der Waals surface area contributed by atoms with Gasteiger partial charge in [-0.05, 0) is 6.42 Å². The van der Waals surface area contributed by atoms with E-state index in [-0.39, 0.29) is 0 Å². The van der Waals surface area contributed by atoms with E-state index in [1.807, 2.05) is 6.20 Å². The van der Waals surface area contributed by atoms with Crippen LogP contribution in [0.2, 0.25) is 0 Å². The summed E-state index contributed by atoms with van der Waals surface area (Å²) in [5, 5.41) is 0. The number of methoxy groups -OCH3 is 1. The van der Waals surface area contributed by atoms with Gasteiger partial charge in [0.25, 0.3) is 0 Å². The van der Waals surface area contributed by atoms with Crippen LogP contribution in [0.3, 0.4) is 0 Å². The highest BCUT2D eigenvalue weighted by Crippen LogP contribution is 2.11. The zero-order valence-corrected chi connectivity index (χ0v) is 8.29. The van der Waals surface area contributed by atoms with Crippen molar-refractivity contribution in [2.24, 2.45) is 0 Å². The third-order valence-corrected chi connectivity index (χ3v) is 1.96. The number of aryl methyl sites for hydroxylation is 1. The molecule has 3 nitrogen and oxygen atoms in total. The lowest BCUT2D eigenvalue weighted by Gasteiger charge is -2.07. The molecule has 0 atom stereocenters. The van der Waals surface area contributed by atoms with Gasteiger partial charge in [-0.1, -0.05) is 19.9 Å². The fourth-order valence-corrected chi connectivity index (χ4v) is 1.16. The SMILES string of the molecule is C=C(OC)c1nccn1CCCC. The van der Waals surface area contributed by atoms with E-state index in [1.165, 1.54) is 6.42 Å². The molecule has 3 heteroatoms. The Morgan fingerprint density at radius 3 is 3.08 bits per heavy atom. The van der Waals surface area contributed by atoms with E-state index in [0.717, 1.165) is 18.8 Å². The molecule has 0 saturated carbocycles. The van der Waals surface area contributed by atoms with Crippen LogP contribution in [0.15, 0.2) is 19.0 Å². The van der Waals surface area contributed by atoms with Crippen LogP contribution in [0, 0.1) is 0 Å². The van der Waals surface area contributed by atoms with Gasteiger partial charge in [0.05, 0.1) is 7.11 Å². The molecular formula is C10H16N2O. The van der Waals surface area contributed by atoms with Gasteiger partial charge in [-0.3, -0.25) is 0 Å². The van der Waals surface area contributed by atoms with Crippen LogP contribution in [0.4, 0.5) is 0 Å². The second kappa shape index (κ2) is 4.70. The molecule has 0 fully saturated rings. The van der Waals surface area contributed by atoms with Crippen LogP contribution in [0.25, 0.3) is 5.76 Å². The van der Waals surface area contributed by atoms with Crippen LogP contribution >= 0.6 is 0 Å². The maximum Gasteiger partial charge on any atom is 0.174 e. The van der Waals surface area contributed by atoms with Crippen LogP contribution in [0.1, 0.15) is 25.6 Å². The summed E-state index contributed by atoms with van der Waals surface area (Å²) >= 11 is 0. The molecular weight excluding hydrogens is 164 g/mol. The first-order valence-electron chi connectivity index (χ1n) is 4.54. The molecule has 0 aliphatic heterocycles. The summed E-state index contributed by atoms with van der Waals surface area (Å²) in [6.45, 7) is 6.93. The lowest BCUT2D eigenvalue weighted by atomic mass is 10.3. The minimum Gasteiger partial charge on any atom is -0.493 e. The summed E-state index contributed by atoms with van der Waals surface area (Å²) in [4.78, 5) is 4.18. The van der Waals surface area contributed by atoms with E-state index in [9.17, 15) is 0 Å². The zero-order valence-electron chi connectivity index (χ0n) is 8.29. The number of imidazole rings is 1. The lowest BCUT2D eigenvalue weighted by Crippen LogP contribution is -2.02. The normalized spacial score (nSPS) is 10.0. The van der Waals surface area contributed by atoms with Gasteiger partial charge in [-0.15, -0.1) is 0 Å². The third kappa shape index (κ3) is 2.34. The molecule has 72 valence electrons. The number of hydrogen-bond donors (Lipinski definition) is 0. The summed E-state index contributed by atoms with van der Waals surface area (Å²) in [5.41, 5.74) is 0. The molecule has 0 bridgehead atoms. The molecule has 0 aliphatic carbocycles. The molecule has 1 aromatic rings. The Kier molecular flexibility index (Phi) is 3.55. The maximum absolute atomic E-state index is 5.04. The molecule has 0 N–H and O–H groups in total. The van der Waals surface area contributed by atoms with Crippen molar-refractivity contribution in [2.75, 3.05) is 7.11 Å². The molecule has 0 spiro atoms. The molecule has 0 amide bonds. The average molecular weight is 180 g/mol. The third-order valence-electron chi connectivity index (χ3n) is 1.96. The van der Waals surface area contributed by atoms with Crippen LogP contribution in [-0.4, -0.2) is 16.7 Å². The van der Waals surface area contributed by atoms with E-state index < -0.39 is 0 Å². The zero-order chi connectivity index (χ0) is 9.68. The molecule has 1 aromatic heterocycles. The van der Waals surface area contributed by atoms with E-state index >= 15 is 0 Å². The molecule has 13 heavy (non-hydrogen) atoms. The van der Waals surface area contributed by atoms with Crippen molar-refractivity contribution in [2.45, 2.75) is 26.3 Å². The average Bonchev–Trinajstić information content (AvgIpc) is 2.61. The Labute approximate surface area is 79.0 Å². The van der Waals surface area contributed by atoms with Crippen molar-refractivity contribution >= 4 is 5.76 Å². The number of rotatable bonds is 5. The van der Waals surface area contributed by atoms with Crippen LogP contribution < -0.4 is 0 Å². The van der Waals surface area contributed by atoms with E-state index in [2.05, 4.69) is 23.1 Å². The van der Waals surface area contributed by atoms with Crippen molar-refractivity contribution < 1.29 is 4.74 Å². The first kappa shape index (κ1) is 9.84. The van der Waals surface area contributed by atoms with E-state index in [1.54, 1.807) is 13.3 Å². The van der Waals surface area contributed by atoms with Gasteiger partial charge >= 0.3 is 0 Å². The fraction of sp³-hybridized carbons (Fsp3) is 0.500. The van der Waals surface area contributed by atoms with Gasteiger partial charge in [0, 0.05) is 18.9 Å². The Hall–Kier alpha value is -1.25. The second-order valence-electron chi connectivity index (χ2n) is 2.93. The standard InChI is InChI=1S/C10H16N2O/c1-4-5-7-12-8-6-11-10(12)9(2)13-3/h6,8H,2,4-5,7H2,1,3H3. The van der Waals surface area contributed by atoms with Crippen molar-refractivity contribution in [3.8, 4) is 0 Å². The van der Waals surface area contributed by atoms with Gasteiger partial charge in [0.1, 0.15) is 0 Å². The Balaban J connectivity index is 2.71. The fourth-order valence-electron chi connectivity index (χ4n) is 1.16. The summed E-state index contributed by atoms with van der Waals surface area (Å²) in [5.74, 6) is 1.46. The molecule has 0 radical (unpaired) electrons. The van der Waals surface area contributed by atoms with Crippen molar-refractivity contribution in [1.29, 1.82) is 0 Å². The van der Waals surface area contributed by atoms with Gasteiger partial charge in [0.2, 0.25) is 0 Å². The smallest absolute Gasteiger partial charge is 0.174 e. The molecule has 1 heterocycles. The Bertz CT molecular complexity index is 278.